The maximum absolute atomic E-state index is 13.0. The van der Waals surface area contributed by atoms with Crippen LogP contribution in [0.3, 0.4) is 0 Å². The summed E-state index contributed by atoms with van der Waals surface area (Å²) in [4.78, 5) is 14.7. The molecule has 0 radical (unpaired) electrons. The highest BCUT2D eigenvalue weighted by Crippen LogP contribution is 2.46. The van der Waals surface area contributed by atoms with Crippen molar-refractivity contribution in [3.05, 3.63) is 36.2 Å². The molecule has 1 aliphatic carbocycles. The highest BCUT2D eigenvalue weighted by molar-refractivity contribution is 7.92. The number of aliphatic hydroxyl groups excluding tert-OH is 1. The Morgan fingerprint density at radius 3 is 2.67 bits per heavy atom. The highest BCUT2D eigenvalue weighted by Gasteiger charge is 2.52. The van der Waals surface area contributed by atoms with Crippen molar-refractivity contribution in [2.75, 3.05) is 13.1 Å². The Bertz CT molecular complexity index is 1040. The molecule has 2 aliphatic heterocycles. The monoisotopic (exact) mass is 387 g/mol. The summed E-state index contributed by atoms with van der Waals surface area (Å²) in [5.41, 5.74) is 2.69. The number of aliphatic hydroxyl groups is 1. The molecule has 0 bridgehead atoms. The Labute approximate surface area is 157 Å². The summed E-state index contributed by atoms with van der Waals surface area (Å²) in [6.07, 6.45) is 4.23. The minimum Gasteiger partial charge on any atom is -0.393 e. The number of hydrogen-bond donors (Lipinski definition) is 1. The number of fused-ring (bicyclic) bond motifs is 3. The van der Waals surface area contributed by atoms with Crippen LogP contribution in [0.4, 0.5) is 0 Å². The van der Waals surface area contributed by atoms with Gasteiger partial charge in [-0.2, -0.15) is 5.10 Å². The van der Waals surface area contributed by atoms with Gasteiger partial charge in [0.05, 0.1) is 22.4 Å². The van der Waals surface area contributed by atoms with Crippen LogP contribution in [-0.2, 0) is 21.7 Å². The van der Waals surface area contributed by atoms with Gasteiger partial charge in [0, 0.05) is 43.7 Å². The summed E-state index contributed by atoms with van der Waals surface area (Å²) in [5.74, 6) is -0.367. The van der Waals surface area contributed by atoms with E-state index < -0.39 is 21.2 Å². The van der Waals surface area contributed by atoms with Crippen molar-refractivity contribution in [2.45, 2.75) is 35.0 Å². The van der Waals surface area contributed by atoms with E-state index in [2.05, 4.69) is 5.10 Å². The van der Waals surface area contributed by atoms with Crippen molar-refractivity contribution >= 4 is 15.7 Å². The lowest BCUT2D eigenvalue weighted by molar-refractivity contribution is -0.141. The Hall–Kier alpha value is -2.19. The molecule has 1 amide bonds. The van der Waals surface area contributed by atoms with Gasteiger partial charge in [0.15, 0.2) is 9.84 Å². The molecule has 8 heteroatoms. The third-order valence-electron chi connectivity index (χ3n) is 6.19. The molecule has 2 aromatic rings. The standard InChI is InChI=1S/C19H21N3O4S/c1-21-8-13(7-20-21)11-2-3-17-15(6-11)16-9-22(10-18(16)27(17,25)26)19(24)12-4-14(23)5-12/h2-3,6-8,12,14,16,18,23H,4-5,9-10H2,1H3. The molecule has 3 heterocycles. The Morgan fingerprint density at radius 2 is 2.00 bits per heavy atom. The normalized spacial score (nSPS) is 30.7. The minimum atomic E-state index is -3.43. The zero-order chi connectivity index (χ0) is 18.9. The number of aromatic nitrogens is 2. The quantitative estimate of drug-likeness (QED) is 0.828. The fourth-order valence-corrected chi connectivity index (χ4v) is 6.79. The maximum Gasteiger partial charge on any atom is 0.225 e. The molecule has 27 heavy (non-hydrogen) atoms. The largest absolute Gasteiger partial charge is 0.393 e. The van der Waals surface area contributed by atoms with E-state index in [1.54, 1.807) is 21.8 Å². The molecule has 2 fully saturated rings. The van der Waals surface area contributed by atoms with E-state index in [0.29, 0.717) is 24.3 Å². The predicted molar refractivity (Wildman–Crippen MR) is 97.7 cm³/mol. The van der Waals surface area contributed by atoms with Crippen molar-refractivity contribution in [2.24, 2.45) is 13.0 Å². The number of hydrogen-bond acceptors (Lipinski definition) is 5. The van der Waals surface area contributed by atoms with E-state index >= 15 is 0 Å². The van der Waals surface area contributed by atoms with E-state index in [-0.39, 0.29) is 24.3 Å². The van der Waals surface area contributed by atoms with Gasteiger partial charge >= 0.3 is 0 Å². The number of aryl methyl sites for hydroxylation is 1. The number of amides is 1. The second kappa shape index (κ2) is 5.65. The fourth-order valence-electron chi connectivity index (χ4n) is 4.62. The number of nitrogens with zero attached hydrogens (tertiary/aromatic N) is 3. The number of benzene rings is 1. The van der Waals surface area contributed by atoms with Crippen LogP contribution in [0.5, 0.6) is 0 Å². The number of likely N-dealkylation sites (tertiary alicyclic amines) is 1. The van der Waals surface area contributed by atoms with Gasteiger partial charge in [-0.05, 0) is 36.1 Å². The van der Waals surface area contributed by atoms with Crippen molar-refractivity contribution in [3.8, 4) is 11.1 Å². The van der Waals surface area contributed by atoms with Crippen LogP contribution in [0, 0.1) is 5.92 Å². The number of sulfone groups is 1. The van der Waals surface area contributed by atoms with Gasteiger partial charge in [-0.1, -0.05) is 6.07 Å². The van der Waals surface area contributed by atoms with Crippen LogP contribution in [0.1, 0.15) is 24.3 Å². The first-order valence-corrected chi connectivity index (χ1v) is 10.7. The molecular weight excluding hydrogens is 366 g/mol. The van der Waals surface area contributed by atoms with Gasteiger partial charge in [-0.15, -0.1) is 0 Å². The molecule has 0 spiro atoms. The summed E-state index contributed by atoms with van der Waals surface area (Å²) < 4.78 is 27.7. The first kappa shape index (κ1) is 16.9. The topological polar surface area (TPSA) is 92.5 Å². The van der Waals surface area contributed by atoms with Gasteiger partial charge in [0.25, 0.3) is 0 Å². The van der Waals surface area contributed by atoms with Crippen molar-refractivity contribution < 1.29 is 18.3 Å². The average molecular weight is 387 g/mol. The molecule has 1 N–H and O–H groups in total. The van der Waals surface area contributed by atoms with Crippen LogP contribution in [0.15, 0.2) is 35.5 Å². The first-order chi connectivity index (χ1) is 12.8. The smallest absolute Gasteiger partial charge is 0.225 e. The Morgan fingerprint density at radius 1 is 1.22 bits per heavy atom. The second-order valence-corrected chi connectivity index (χ2v) is 10.0. The highest BCUT2D eigenvalue weighted by atomic mass is 32.2. The van der Waals surface area contributed by atoms with Crippen LogP contribution in [0.2, 0.25) is 0 Å². The van der Waals surface area contributed by atoms with Gasteiger partial charge in [0.1, 0.15) is 0 Å². The van der Waals surface area contributed by atoms with E-state index in [1.807, 2.05) is 25.4 Å². The third kappa shape index (κ3) is 2.46. The van der Waals surface area contributed by atoms with Crippen LogP contribution < -0.4 is 0 Å². The molecule has 1 aromatic carbocycles. The third-order valence-corrected chi connectivity index (χ3v) is 8.45. The summed E-state index contributed by atoms with van der Waals surface area (Å²) in [6.45, 7) is 0.675. The van der Waals surface area contributed by atoms with Crippen LogP contribution >= 0.6 is 0 Å². The van der Waals surface area contributed by atoms with Gasteiger partial charge in [-0.25, -0.2) is 8.42 Å². The lowest BCUT2D eigenvalue weighted by Gasteiger charge is -2.33. The zero-order valence-electron chi connectivity index (χ0n) is 14.9. The lowest BCUT2D eigenvalue weighted by Crippen LogP contribution is -2.43. The van der Waals surface area contributed by atoms with E-state index in [1.165, 1.54) is 0 Å². The summed E-state index contributed by atoms with van der Waals surface area (Å²) in [5, 5.41) is 13.1. The van der Waals surface area contributed by atoms with E-state index in [9.17, 15) is 18.3 Å². The van der Waals surface area contributed by atoms with Gasteiger partial charge in [-0.3, -0.25) is 9.48 Å². The van der Waals surface area contributed by atoms with Crippen molar-refractivity contribution in [1.29, 1.82) is 0 Å². The maximum atomic E-state index is 13.0. The van der Waals surface area contributed by atoms with Gasteiger partial charge in [0.2, 0.25) is 5.91 Å². The second-order valence-electron chi connectivity index (χ2n) is 7.91. The Balaban J connectivity index is 1.48. The molecule has 3 aliphatic rings. The number of carbonyl (C=O) groups excluding carboxylic acids is 1. The molecule has 1 aromatic heterocycles. The van der Waals surface area contributed by atoms with E-state index in [0.717, 1.165) is 16.7 Å². The minimum absolute atomic E-state index is 0.0186. The number of rotatable bonds is 2. The predicted octanol–water partition coefficient (Wildman–Crippen LogP) is 0.940. The van der Waals surface area contributed by atoms with E-state index in [4.69, 9.17) is 0 Å². The number of carbonyl (C=O) groups is 1. The average Bonchev–Trinajstić information content (AvgIpc) is 3.28. The summed E-state index contributed by atoms with van der Waals surface area (Å²) in [7, 11) is -1.59. The molecule has 1 saturated heterocycles. The molecular formula is C19H21N3O4S. The molecule has 2 atom stereocenters. The fraction of sp³-hybridized carbons (Fsp3) is 0.474. The van der Waals surface area contributed by atoms with Crippen LogP contribution in [-0.4, -0.2) is 58.6 Å². The summed E-state index contributed by atoms with van der Waals surface area (Å²) in [6, 6.07) is 5.46. The SMILES string of the molecule is Cn1cc(-c2ccc3c(c2)C2CN(C(=O)C4CC(O)C4)CC2S3(=O)=O)cn1. The summed E-state index contributed by atoms with van der Waals surface area (Å²) >= 11 is 0. The molecule has 1 saturated carbocycles. The lowest BCUT2D eigenvalue weighted by atomic mass is 9.81. The van der Waals surface area contributed by atoms with Crippen molar-refractivity contribution in [1.82, 2.24) is 14.7 Å². The first-order valence-electron chi connectivity index (χ1n) is 9.18. The molecule has 5 rings (SSSR count). The Kier molecular flexibility index (Phi) is 3.55. The molecule has 142 valence electrons. The zero-order valence-corrected chi connectivity index (χ0v) is 15.8. The molecule has 2 unspecified atom stereocenters. The van der Waals surface area contributed by atoms with Gasteiger partial charge < -0.3 is 10.0 Å². The van der Waals surface area contributed by atoms with Crippen molar-refractivity contribution in [3.63, 3.8) is 0 Å². The molecule has 7 nitrogen and oxygen atoms in total. The van der Waals surface area contributed by atoms with Crippen LogP contribution in [0.25, 0.3) is 11.1 Å².